The number of aromatic nitrogens is 2. The lowest BCUT2D eigenvalue weighted by molar-refractivity contribution is -0.141. The first-order valence-corrected chi connectivity index (χ1v) is 11.3. The molecule has 0 aliphatic heterocycles. The van der Waals surface area contributed by atoms with Gasteiger partial charge in [-0.05, 0) is 38.7 Å². The zero-order valence-electron chi connectivity index (χ0n) is 18.0. The van der Waals surface area contributed by atoms with Crippen LogP contribution in [0.15, 0.2) is 0 Å². The molecule has 1 atom stereocenters. The first-order chi connectivity index (χ1) is 15.4. The molecule has 13 heteroatoms. The van der Waals surface area contributed by atoms with E-state index in [1.165, 1.54) is 13.8 Å². The Morgan fingerprint density at radius 3 is 2.52 bits per heavy atom. The van der Waals surface area contributed by atoms with Gasteiger partial charge in [-0.1, -0.05) is 18.5 Å². The molecule has 3 N–H and O–H groups in total. The molecule has 0 saturated heterocycles. The molecule has 1 unspecified atom stereocenters. The van der Waals surface area contributed by atoms with Crippen molar-refractivity contribution < 1.29 is 32.3 Å². The van der Waals surface area contributed by atoms with Crippen LogP contribution in [0.4, 0.5) is 18.2 Å². The number of carbonyl (C=O) groups excluding carboxylic acids is 3. The number of halogens is 4. The molecule has 180 valence electrons. The van der Waals surface area contributed by atoms with E-state index in [1.807, 2.05) is 0 Å². The molecule has 1 aliphatic rings. The Morgan fingerprint density at radius 2 is 2.00 bits per heavy atom. The Morgan fingerprint density at radius 1 is 1.36 bits per heavy atom. The number of esters is 1. The summed E-state index contributed by atoms with van der Waals surface area (Å²) in [6.07, 6.45) is -2.95. The van der Waals surface area contributed by atoms with Crippen LogP contribution in [0.2, 0.25) is 5.02 Å². The number of hydrogen-bond donors (Lipinski definition) is 2. The highest BCUT2D eigenvalue weighted by Gasteiger charge is 2.43. The van der Waals surface area contributed by atoms with Gasteiger partial charge < -0.3 is 15.8 Å². The van der Waals surface area contributed by atoms with Gasteiger partial charge in [0, 0.05) is 5.92 Å². The summed E-state index contributed by atoms with van der Waals surface area (Å²) < 4.78 is 46.2. The average molecular weight is 507 g/mol. The molecule has 2 amide bonds. The van der Waals surface area contributed by atoms with E-state index in [-0.39, 0.29) is 39.2 Å². The zero-order chi connectivity index (χ0) is 24.7. The van der Waals surface area contributed by atoms with Crippen LogP contribution in [0.3, 0.4) is 0 Å². The van der Waals surface area contributed by atoms with Crippen LogP contribution in [-0.2, 0) is 15.7 Å². The molecule has 0 aromatic carbocycles. The van der Waals surface area contributed by atoms with E-state index in [4.69, 9.17) is 22.1 Å². The second kappa shape index (κ2) is 9.34. The van der Waals surface area contributed by atoms with E-state index < -0.39 is 40.7 Å². The predicted octanol–water partition coefficient (Wildman–Crippen LogP) is 4.67. The average Bonchev–Trinajstić information content (AvgIpc) is 3.41. The highest BCUT2D eigenvalue weighted by molar-refractivity contribution is 7.18. The number of hydrogen-bond acceptors (Lipinski definition) is 6. The first kappa shape index (κ1) is 25.0. The minimum absolute atomic E-state index is 0.0153. The van der Waals surface area contributed by atoms with Crippen molar-refractivity contribution in [2.75, 3.05) is 11.9 Å². The maximum absolute atomic E-state index is 13.3. The fourth-order valence-electron chi connectivity index (χ4n) is 3.30. The Hall–Kier alpha value is -2.60. The van der Waals surface area contributed by atoms with Crippen LogP contribution in [0.1, 0.15) is 82.1 Å². The maximum atomic E-state index is 13.3. The molecule has 1 fully saturated rings. The number of carbonyl (C=O) groups is 3. The van der Waals surface area contributed by atoms with Crippen molar-refractivity contribution in [2.24, 2.45) is 5.73 Å². The predicted molar refractivity (Wildman–Crippen MR) is 116 cm³/mol. The third-order valence-corrected chi connectivity index (χ3v) is 6.71. The van der Waals surface area contributed by atoms with Gasteiger partial charge in [-0.2, -0.15) is 18.3 Å². The van der Waals surface area contributed by atoms with Crippen molar-refractivity contribution in [3.8, 4) is 0 Å². The lowest BCUT2D eigenvalue weighted by Crippen LogP contribution is -2.26. The van der Waals surface area contributed by atoms with Crippen LogP contribution in [-0.4, -0.2) is 34.2 Å². The minimum atomic E-state index is -4.78. The number of nitrogens with zero attached hydrogens (tertiary/aromatic N) is 2. The van der Waals surface area contributed by atoms with E-state index in [0.29, 0.717) is 19.3 Å². The second-order valence-corrected chi connectivity index (χ2v) is 9.09. The fourth-order valence-corrected chi connectivity index (χ4v) is 4.74. The molecule has 3 rings (SSSR count). The Labute approximate surface area is 196 Å². The van der Waals surface area contributed by atoms with Gasteiger partial charge in [0.2, 0.25) is 5.91 Å². The van der Waals surface area contributed by atoms with Crippen molar-refractivity contribution in [3.05, 3.63) is 32.4 Å². The normalized spacial score (nSPS) is 14.8. The van der Waals surface area contributed by atoms with Crippen molar-refractivity contribution in [3.63, 3.8) is 0 Å². The smallest absolute Gasteiger partial charge is 0.436 e. The van der Waals surface area contributed by atoms with E-state index in [1.54, 1.807) is 6.92 Å². The first-order valence-electron chi connectivity index (χ1n) is 10.1. The number of rotatable bonds is 8. The van der Waals surface area contributed by atoms with Gasteiger partial charge in [-0.25, -0.2) is 4.79 Å². The maximum Gasteiger partial charge on any atom is 0.436 e. The standard InChI is InChI=1S/C20H22ClF3N4O4S/c1-4-7-32-19(31)11-8(2)14(16(25)29)33-18(11)26-17(30)9(3)28-13(10-5-6-10)12(21)15(27-28)20(22,23)24/h9-10H,4-7H2,1-3H3,(H2,25,29)(H,26,30). The summed E-state index contributed by atoms with van der Waals surface area (Å²) in [5, 5.41) is 5.61. The van der Waals surface area contributed by atoms with Crippen molar-refractivity contribution in [1.82, 2.24) is 9.78 Å². The summed E-state index contributed by atoms with van der Waals surface area (Å²) in [4.78, 5) is 37.3. The van der Waals surface area contributed by atoms with Crippen LogP contribution in [0.5, 0.6) is 0 Å². The van der Waals surface area contributed by atoms with Gasteiger partial charge in [0.15, 0.2) is 5.69 Å². The second-order valence-electron chi connectivity index (χ2n) is 7.69. The molecule has 0 radical (unpaired) electrons. The van der Waals surface area contributed by atoms with E-state index in [9.17, 15) is 27.6 Å². The molecular weight excluding hydrogens is 485 g/mol. The fraction of sp³-hybridized carbons (Fsp3) is 0.500. The molecule has 1 saturated carbocycles. The van der Waals surface area contributed by atoms with Crippen LogP contribution < -0.4 is 11.1 Å². The summed E-state index contributed by atoms with van der Waals surface area (Å²) in [6, 6.07) is -1.19. The van der Waals surface area contributed by atoms with Crippen LogP contribution >= 0.6 is 22.9 Å². The summed E-state index contributed by atoms with van der Waals surface area (Å²) in [5.41, 5.74) is 4.48. The summed E-state index contributed by atoms with van der Waals surface area (Å²) in [5.74, 6) is -2.51. The minimum Gasteiger partial charge on any atom is -0.462 e. The number of nitrogens with one attached hydrogen (secondary N) is 1. The molecule has 2 aromatic rings. The van der Waals surface area contributed by atoms with E-state index in [0.717, 1.165) is 16.0 Å². The summed E-state index contributed by atoms with van der Waals surface area (Å²) >= 11 is 6.78. The number of thiophene rings is 1. The van der Waals surface area contributed by atoms with Gasteiger partial charge in [-0.3, -0.25) is 14.3 Å². The molecule has 0 bridgehead atoms. The molecule has 33 heavy (non-hydrogen) atoms. The largest absolute Gasteiger partial charge is 0.462 e. The van der Waals surface area contributed by atoms with Gasteiger partial charge in [0.05, 0.1) is 27.8 Å². The molecule has 1 aliphatic carbocycles. The topological polar surface area (TPSA) is 116 Å². The summed E-state index contributed by atoms with van der Waals surface area (Å²) in [6.45, 7) is 4.79. The lowest BCUT2D eigenvalue weighted by Gasteiger charge is -2.16. The van der Waals surface area contributed by atoms with Crippen molar-refractivity contribution in [1.29, 1.82) is 0 Å². The molecular formula is C20H22ClF3N4O4S. The number of primary amides is 1. The SMILES string of the molecule is CCCOC(=O)c1c(NC(=O)C(C)n2nc(C(F)(F)F)c(Cl)c2C2CC2)sc(C(N)=O)c1C. The molecule has 0 spiro atoms. The van der Waals surface area contributed by atoms with Crippen LogP contribution in [0.25, 0.3) is 0 Å². The number of ether oxygens (including phenoxy) is 1. The van der Waals surface area contributed by atoms with E-state index in [2.05, 4.69) is 10.4 Å². The Balaban J connectivity index is 1.96. The van der Waals surface area contributed by atoms with Gasteiger partial charge in [0.1, 0.15) is 11.0 Å². The number of nitrogens with two attached hydrogens (primary N) is 1. The third kappa shape index (κ3) is 5.01. The van der Waals surface area contributed by atoms with Gasteiger partial charge in [-0.15, -0.1) is 11.3 Å². The Kier molecular flexibility index (Phi) is 7.08. The lowest BCUT2D eigenvalue weighted by atomic mass is 10.1. The summed E-state index contributed by atoms with van der Waals surface area (Å²) in [7, 11) is 0. The monoisotopic (exact) mass is 506 g/mol. The number of alkyl halides is 3. The zero-order valence-corrected chi connectivity index (χ0v) is 19.6. The molecule has 2 heterocycles. The van der Waals surface area contributed by atoms with Crippen molar-refractivity contribution >= 4 is 45.7 Å². The quantitative estimate of drug-likeness (QED) is 0.505. The number of anilines is 1. The van der Waals surface area contributed by atoms with Gasteiger partial charge in [0.25, 0.3) is 5.91 Å². The van der Waals surface area contributed by atoms with Crippen LogP contribution in [0, 0.1) is 6.92 Å². The molecule has 2 aromatic heterocycles. The highest BCUT2D eigenvalue weighted by Crippen LogP contribution is 2.47. The third-order valence-electron chi connectivity index (χ3n) is 5.11. The van der Waals surface area contributed by atoms with Gasteiger partial charge >= 0.3 is 12.1 Å². The number of amides is 2. The van der Waals surface area contributed by atoms with Crippen molar-refractivity contribution in [2.45, 2.75) is 58.2 Å². The highest BCUT2D eigenvalue weighted by atomic mass is 35.5. The Bertz CT molecular complexity index is 1110. The molecule has 8 nitrogen and oxygen atoms in total. The van der Waals surface area contributed by atoms with E-state index >= 15 is 0 Å².